The molecule has 0 radical (unpaired) electrons. The highest BCUT2D eigenvalue weighted by Gasteiger charge is 2.27. The lowest BCUT2D eigenvalue weighted by atomic mass is 10.1. The number of hydrogen-bond acceptors (Lipinski definition) is 6. The van der Waals surface area contributed by atoms with Gasteiger partial charge in [-0.25, -0.2) is 0 Å². The van der Waals surface area contributed by atoms with Crippen LogP contribution in [0.25, 0.3) is 0 Å². The van der Waals surface area contributed by atoms with Crippen molar-refractivity contribution in [1.29, 1.82) is 0 Å². The number of aromatic amines is 1. The molecule has 0 aliphatic carbocycles. The average Bonchev–Trinajstić information content (AvgIpc) is 2.58. The number of carbonyl (C=O) groups excluding carboxylic acids is 1. The average molecular weight is 405 g/mol. The summed E-state index contributed by atoms with van der Waals surface area (Å²) >= 11 is 0. The highest BCUT2D eigenvalue weighted by Crippen LogP contribution is 2.30. The molecule has 1 amide bonds. The molecule has 0 unspecified atom stereocenters. The van der Waals surface area contributed by atoms with Crippen molar-refractivity contribution in [2.45, 2.75) is 19.4 Å². The fraction of sp³-hybridized carbons (Fsp3) is 0.235. The normalized spacial score (nSPS) is 15.0. The second-order valence-electron chi connectivity index (χ2n) is 6.80. The molecule has 1 aliphatic heterocycles. The first kappa shape index (κ1) is 19.4. The van der Waals surface area contributed by atoms with Gasteiger partial charge < -0.3 is 20.8 Å². The lowest BCUT2D eigenvalue weighted by molar-refractivity contribution is 0.0880. The summed E-state index contributed by atoms with van der Waals surface area (Å²) in [6.45, 7) is 3.54. The van der Waals surface area contributed by atoms with Gasteiger partial charge in [0.2, 0.25) is 5.56 Å². The molecule has 0 atom stereocenters. The number of H-pyrrole nitrogens is 1. The number of ether oxygens (including phenoxy) is 1. The lowest BCUT2D eigenvalue weighted by Gasteiger charge is -2.27. The van der Waals surface area contributed by atoms with Crippen molar-refractivity contribution in [3.63, 3.8) is 0 Å². The maximum absolute atomic E-state index is 12.3. The Morgan fingerprint density at radius 1 is 1.32 bits per heavy atom. The van der Waals surface area contributed by atoms with Gasteiger partial charge in [0.25, 0.3) is 5.91 Å². The van der Waals surface area contributed by atoms with Crippen LogP contribution in [-0.2, 0) is 10.2 Å². The van der Waals surface area contributed by atoms with Gasteiger partial charge in [0.1, 0.15) is 12.4 Å². The zero-order valence-electron chi connectivity index (χ0n) is 15.1. The van der Waals surface area contributed by atoms with Crippen LogP contribution in [0.2, 0.25) is 0 Å². The minimum Gasteiger partial charge on any atom is -0.490 e. The lowest BCUT2D eigenvalue weighted by Crippen LogP contribution is -2.48. The Kier molecular flexibility index (Phi) is 4.86. The third kappa shape index (κ3) is 4.31. The molecule has 1 aromatic carbocycles. The summed E-state index contributed by atoms with van der Waals surface area (Å²) in [5.41, 5.74) is 5.41. The van der Waals surface area contributed by atoms with Crippen molar-refractivity contribution in [3.05, 3.63) is 58.0 Å². The Bertz CT molecular complexity index is 1120. The Balaban J connectivity index is 1.75. The number of carbonyl (C=O) groups is 1. The fourth-order valence-corrected chi connectivity index (χ4v) is 3.44. The first-order valence-electron chi connectivity index (χ1n) is 8.22. The van der Waals surface area contributed by atoms with Crippen LogP contribution in [0, 0.1) is 0 Å². The van der Waals surface area contributed by atoms with E-state index in [0.29, 0.717) is 11.3 Å². The number of anilines is 1. The van der Waals surface area contributed by atoms with Gasteiger partial charge in [-0.3, -0.25) is 14.3 Å². The molecule has 0 saturated heterocycles. The van der Waals surface area contributed by atoms with E-state index < -0.39 is 21.7 Å². The van der Waals surface area contributed by atoms with E-state index in [1.165, 1.54) is 18.3 Å². The quantitative estimate of drug-likeness (QED) is 0.562. The maximum atomic E-state index is 12.3. The number of nitrogens with zero attached hydrogens (tertiary/aromatic N) is 1. The highest BCUT2D eigenvalue weighted by molar-refractivity contribution is 7.91. The predicted molar refractivity (Wildman–Crippen MR) is 104 cm³/mol. The zero-order valence-corrected chi connectivity index (χ0v) is 16.0. The third-order valence-electron chi connectivity index (χ3n) is 3.82. The second-order valence-corrected chi connectivity index (χ2v) is 8.14. The number of pyridine rings is 1. The van der Waals surface area contributed by atoms with Crippen LogP contribution in [0.3, 0.4) is 0 Å². The Morgan fingerprint density at radius 3 is 2.79 bits per heavy atom. The van der Waals surface area contributed by atoms with Gasteiger partial charge in [0.05, 0.1) is 16.8 Å². The summed E-state index contributed by atoms with van der Waals surface area (Å²) < 4.78 is 34.8. The van der Waals surface area contributed by atoms with Crippen LogP contribution < -0.4 is 26.1 Å². The van der Waals surface area contributed by atoms with Crippen LogP contribution in [0.4, 0.5) is 5.69 Å². The van der Waals surface area contributed by atoms with Crippen molar-refractivity contribution < 1.29 is 17.9 Å². The van der Waals surface area contributed by atoms with Crippen molar-refractivity contribution >= 4 is 27.6 Å². The van der Waals surface area contributed by atoms with Crippen LogP contribution in [0.5, 0.6) is 5.75 Å². The first-order chi connectivity index (χ1) is 13.1. The van der Waals surface area contributed by atoms with E-state index in [9.17, 15) is 18.0 Å². The van der Waals surface area contributed by atoms with Gasteiger partial charge >= 0.3 is 10.2 Å². The summed E-state index contributed by atoms with van der Waals surface area (Å²) in [7, 11) is -3.88. The highest BCUT2D eigenvalue weighted by atomic mass is 32.2. The second kappa shape index (κ2) is 7.00. The van der Waals surface area contributed by atoms with Crippen LogP contribution >= 0.6 is 0 Å². The van der Waals surface area contributed by atoms with Gasteiger partial charge in [0, 0.05) is 17.8 Å². The largest absolute Gasteiger partial charge is 0.490 e. The summed E-state index contributed by atoms with van der Waals surface area (Å²) in [4.78, 5) is 26.1. The molecule has 0 fully saturated rings. The molecule has 0 bridgehead atoms. The smallest absolute Gasteiger partial charge is 0.344 e. The van der Waals surface area contributed by atoms with Crippen LogP contribution in [0.1, 0.15) is 29.8 Å². The van der Waals surface area contributed by atoms with Crippen molar-refractivity contribution in [2.24, 2.45) is 10.1 Å². The summed E-state index contributed by atoms with van der Waals surface area (Å²) in [6, 6.07) is 7.46. The topological polar surface area (TPSA) is 156 Å². The van der Waals surface area contributed by atoms with E-state index in [2.05, 4.69) is 19.4 Å². The minimum atomic E-state index is -3.88. The molecular formula is C17H19N5O5S. The monoisotopic (exact) mass is 405 g/mol. The molecule has 2 aromatic rings. The SMILES string of the molecule is CC(C)(COc1cccc2c1C(N)=NS(=O)(=O)N2)NC(=O)c1cc[nH]c(=O)c1. The number of amidine groups is 1. The van der Waals surface area contributed by atoms with Crippen molar-refractivity contribution in [3.8, 4) is 5.75 Å². The van der Waals surface area contributed by atoms with E-state index in [0.717, 1.165) is 0 Å². The molecule has 11 heteroatoms. The Labute approximate surface area is 161 Å². The van der Waals surface area contributed by atoms with E-state index in [4.69, 9.17) is 10.5 Å². The molecule has 0 saturated carbocycles. The van der Waals surface area contributed by atoms with Crippen LogP contribution in [-0.4, -0.2) is 37.3 Å². The molecule has 10 nitrogen and oxygen atoms in total. The number of rotatable bonds is 5. The number of amides is 1. The van der Waals surface area contributed by atoms with E-state index in [1.807, 2.05) is 0 Å². The molecule has 1 aromatic heterocycles. The van der Waals surface area contributed by atoms with E-state index in [-0.39, 0.29) is 29.3 Å². The van der Waals surface area contributed by atoms with E-state index in [1.54, 1.807) is 32.0 Å². The predicted octanol–water partition coefficient (Wildman–Crippen LogP) is 0.338. The number of nitrogens with two attached hydrogens (primary N) is 1. The molecule has 5 N–H and O–H groups in total. The van der Waals surface area contributed by atoms with Gasteiger partial charge in [-0.05, 0) is 32.0 Å². The van der Waals surface area contributed by atoms with Crippen molar-refractivity contribution in [2.75, 3.05) is 11.3 Å². The van der Waals surface area contributed by atoms with Crippen molar-refractivity contribution in [1.82, 2.24) is 10.3 Å². The molecular weight excluding hydrogens is 386 g/mol. The molecule has 148 valence electrons. The molecule has 2 heterocycles. The number of nitrogens with one attached hydrogen (secondary N) is 3. The first-order valence-corrected chi connectivity index (χ1v) is 9.66. The maximum Gasteiger partial charge on any atom is 0.344 e. The molecule has 1 aliphatic rings. The van der Waals surface area contributed by atoms with Gasteiger partial charge in [-0.15, -0.1) is 4.40 Å². The summed E-state index contributed by atoms with van der Waals surface area (Å²) in [6.07, 6.45) is 1.39. The number of benzene rings is 1. The number of fused-ring (bicyclic) bond motifs is 1. The Hall–Kier alpha value is -3.34. The standard InChI is InChI=1S/C17H19N5O5S/c1-17(2,20-16(24)10-6-7-19-13(23)8-10)9-27-12-5-3-4-11-14(12)15(18)22-28(25,26)21-11/h3-8,21H,9H2,1-2H3,(H2,18,22)(H,19,23)(H,20,24). The molecule has 28 heavy (non-hydrogen) atoms. The third-order valence-corrected chi connectivity index (χ3v) is 4.73. The summed E-state index contributed by atoms with van der Waals surface area (Å²) in [5.74, 6) is -0.294. The minimum absolute atomic E-state index is 0.0540. The van der Waals surface area contributed by atoms with E-state index >= 15 is 0 Å². The number of aromatic nitrogens is 1. The molecule has 3 rings (SSSR count). The number of hydrogen-bond donors (Lipinski definition) is 4. The zero-order chi connectivity index (χ0) is 20.5. The fourth-order valence-electron chi connectivity index (χ4n) is 2.60. The Morgan fingerprint density at radius 2 is 2.07 bits per heavy atom. The van der Waals surface area contributed by atoms with Gasteiger partial charge in [-0.1, -0.05) is 6.07 Å². The van der Waals surface area contributed by atoms with Crippen LogP contribution in [0.15, 0.2) is 45.7 Å². The van der Waals surface area contributed by atoms with Gasteiger partial charge in [-0.2, -0.15) is 8.42 Å². The molecule has 0 spiro atoms. The summed E-state index contributed by atoms with van der Waals surface area (Å²) in [5, 5.41) is 2.78. The van der Waals surface area contributed by atoms with Gasteiger partial charge in [0.15, 0.2) is 5.84 Å².